The number of ether oxygens (including phenoxy) is 1. The molecule has 0 saturated carbocycles. The van der Waals surface area contributed by atoms with Gasteiger partial charge in [0.15, 0.2) is 6.29 Å². The number of aromatic nitrogens is 1. The number of benzene rings is 1. The van der Waals surface area contributed by atoms with E-state index < -0.39 is 0 Å². The Morgan fingerprint density at radius 2 is 1.95 bits per heavy atom. The number of hydrogen-bond acceptors (Lipinski definition) is 2. The molecule has 0 fully saturated rings. The van der Waals surface area contributed by atoms with Crippen LogP contribution >= 0.6 is 23.2 Å². The first-order chi connectivity index (χ1) is 10.2. The van der Waals surface area contributed by atoms with Gasteiger partial charge in [-0.05, 0) is 30.3 Å². The Morgan fingerprint density at radius 1 is 1.14 bits per heavy atom. The first-order valence-corrected chi connectivity index (χ1v) is 7.00. The minimum Gasteiger partial charge on any atom is -0.495 e. The van der Waals surface area contributed by atoms with Crippen LogP contribution in [0.15, 0.2) is 42.6 Å². The molecule has 3 nitrogen and oxygen atoms in total. The molecule has 0 atom stereocenters. The number of rotatable bonds is 3. The second-order valence-electron chi connectivity index (χ2n) is 4.53. The largest absolute Gasteiger partial charge is 0.495 e. The van der Waals surface area contributed by atoms with Crippen LogP contribution in [0.1, 0.15) is 10.5 Å². The van der Waals surface area contributed by atoms with Gasteiger partial charge < -0.3 is 9.14 Å². The molecular weight excluding hydrogens is 309 g/mol. The van der Waals surface area contributed by atoms with Crippen molar-refractivity contribution >= 4 is 35.0 Å². The maximum absolute atomic E-state index is 11.5. The van der Waals surface area contributed by atoms with E-state index in [-0.39, 0.29) is 0 Å². The highest BCUT2D eigenvalue weighted by Gasteiger charge is 2.17. The standard InChI is InChI=1S/C16H11Cl2NO2/c1-21-16-13(6-10(17)7-14(16)18)12-8-11-4-2-3-5-19(11)15(12)9-20/h2-9H,1H3. The van der Waals surface area contributed by atoms with Crippen molar-refractivity contribution in [2.45, 2.75) is 0 Å². The lowest BCUT2D eigenvalue weighted by Crippen LogP contribution is -1.94. The molecule has 0 aliphatic rings. The molecule has 106 valence electrons. The number of carbonyl (C=O) groups excluding carboxylic acids is 1. The van der Waals surface area contributed by atoms with Crippen molar-refractivity contribution in [3.8, 4) is 16.9 Å². The molecule has 2 aromatic heterocycles. The molecule has 21 heavy (non-hydrogen) atoms. The molecule has 0 amide bonds. The van der Waals surface area contributed by atoms with E-state index >= 15 is 0 Å². The van der Waals surface area contributed by atoms with Crippen LogP contribution in [0.5, 0.6) is 5.75 Å². The fourth-order valence-corrected chi connectivity index (χ4v) is 3.02. The number of fused-ring (bicyclic) bond motifs is 1. The van der Waals surface area contributed by atoms with Crippen LogP contribution in [0.4, 0.5) is 0 Å². The van der Waals surface area contributed by atoms with Crippen LogP contribution in [0.2, 0.25) is 10.0 Å². The van der Waals surface area contributed by atoms with Crippen LogP contribution in [-0.4, -0.2) is 17.8 Å². The summed E-state index contributed by atoms with van der Waals surface area (Å²) in [6, 6.07) is 11.0. The van der Waals surface area contributed by atoms with Gasteiger partial charge in [0.1, 0.15) is 5.75 Å². The van der Waals surface area contributed by atoms with Crippen molar-refractivity contribution in [1.29, 1.82) is 0 Å². The van der Waals surface area contributed by atoms with Gasteiger partial charge in [0, 0.05) is 27.9 Å². The molecule has 0 radical (unpaired) electrons. The fourth-order valence-electron chi connectivity index (χ4n) is 2.45. The number of nitrogens with zero attached hydrogens (tertiary/aromatic N) is 1. The third-order valence-corrected chi connectivity index (χ3v) is 3.83. The molecule has 2 heterocycles. The van der Waals surface area contributed by atoms with Crippen molar-refractivity contribution in [1.82, 2.24) is 4.40 Å². The van der Waals surface area contributed by atoms with Gasteiger partial charge >= 0.3 is 0 Å². The van der Waals surface area contributed by atoms with Crippen molar-refractivity contribution in [3.63, 3.8) is 0 Å². The summed E-state index contributed by atoms with van der Waals surface area (Å²) in [5, 5.41) is 0.898. The highest BCUT2D eigenvalue weighted by molar-refractivity contribution is 6.36. The van der Waals surface area contributed by atoms with Gasteiger partial charge in [-0.2, -0.15) is 0 Å². The summed E-state index contributed by atoms with van der Waals surface area (Å²) in [5.41, 5.74) is 2.87. The maximum atomic E-state index is 11.5. The molecule has 0 aliphatic heterocycles. The predicted octanol–water partition coefficient (Wildman–Crippen LogP) is 4.73. The lowest BCUT2D eigenvalue weighted by molar-refractivity contribution is 0.111. The van der Waals surface area contributed by atoms with Crippen LogP contribution in [0, 0.1) is 0 Å². The lowest BCUT2D eigenvalue weighted by Gasteiger charge is -2.10. The van der Waals surface area contributed by atoms with Crippen LogP contribution < -0.4 is 4.74 Å². The van der Waals surface area contributed by atoms with E-state index in [9.17, 15) is 4.79 Å². The molecule has 0 spiro atoms. The van der Waals surface area contributed by atoms with Crippen molar-refractivity contribution in [2.24, 2.45) is 0 Å². The van der Waals surface area contributed by atoms with Gasteiger partial charge in [-0.25, -0.2) is 0 Å². The van der Waals surface area contributed by atoms with E-state index in [1.165, 1.54) is 7.11 Å². The zero-order chi connectivity index (χ0) is 15.0. The molecule has 5 heteroatoms. The average molecular weight is 320 g/mol. The summed E-state index contributed by atoms with van der Waals surface area (Å²) in [4.78, 5) is 11.5. The second-order valence-corrected chi connectivity index (χ2v) is 5.37. The fraction of sp³-hybridized carbons (Fsp3) is 0.0625. The van der Waals surface area contributed by atoms with Crippen molar-refractivity contribution < 1.29 is 9.53 Å². The Kier molecular flexibility index (Phi) is 3.62. The Hall–Kier alpha value is -1.97. The van der Waals surface area contributed by atoms with E-state index in [4.69, 9.17) is 27.9 Å². The highest BCUT2D eigenvalue weighted by atomic mass is 35.5. The zero-order valence-electron chi connectivity index (χ0n) is 11.1. The number of carbonyl (C=O) groups is 1. The quantitative estimate of drug-likeness (QED) is 0.653. The van der Waals surface area contributed by atoms with E-state index in [1.54, 1.807) is 12.1 Å². The molecule has 3 aromatic rings. The summed E-state index contributed by atoms with van der Waals surface area (Å²) in [7, 11) is 1.54. The monoisotopic (exact) mass is 319 g/mol. The number of hydrogen-bond donors (Lipinski definition) is 0. The van der Waals surface area contributed by atoms with Gasteiger partial charge in [0.25, 0.3) is 0 Å². The highest BCUT2D eigenvalue weighted by Crippen LogP contribution is 2.40. The average Bonchev–Trinajstić information content (AvgIpc) is 2.84. The predicted molar refractivity (Wildman–Crippen MR) is 84.8 cm³/mol. The van der Waals surface area contributed by atoms with Crippen molar-refractivity contribution in [2.75, 3.05) is 7.11 Å². The summed E-state index contributed by atoms with van der Waals surface area (Å²) in [6.07, 6.45) is 2.65. The van der Waals surface area contributed by atoms with Gasteiger partial charge in [-0.15, -0.1) is 0 Å². The van der Waals surface area contributed by atoms with Gasteiger partial charge in [0.05, 0.1) is 17.8 Å². The third-order valence-electron chi connectivity index (χ3n) is 3.33. The first-order valence-electron chi connectivity index (χ1n) is 6.24. The van der Waals surface area contributed by atoms with Crippen LogP contribution in [0.25, 0.3) is 16.6 Å². The molecule has 0 aliphatic carbocycles. The molecule has 3 rings (SSSR count). The summed E-state index contributed by atoms with van der Waals surface area (Å²) < 4.78 is 7.18. The molecule has 0 bridgehead atoms. The molecule has 0 saturated heterocycles. The summed E-state index contributed by atoms with van der Waals surface area (Å²) in [6.45, 7) is 0. The number of methoxy groups -OCH3 is 1. The van der Waals surface area contributed by atoms with Gasteiger partial charge in [-0.1, -0.05) is 29.3 Å². The Morgan fingerprint density at radius 3 is 2.67 bits per heavy atom. The van der Waals surface area contributed by atoms with Crippen molar-refractivity contribution in [3.05, 3.63) is 58.3 Å². The SMILES string of the molecule is COc1c(Cl)cc(Cl)cc1-c1cc2ccccn2c1C=O. The first kappa shape index (κ1) is 14.0. The number of aldehydes is 1. The Labute approximate surface area is 131 Å². The minimum atomic E-state index is 0.409. The van der Waals surface area contributed by atoms with E-state index in [0.717, 1.165) is 17.4 Å². The molecular formula is C16H11Cl2NO2. The minimum absolute atomic E-state index is 0.409. The number of pyridine rings is 1. The Balaban J connectivity index is 2.37. The maximum Gasteiger partial charge on any atom is 0.167 e. The topological polar surface area (TPSA) is 30.7 Å². The normalized spacial score (nSPS) is 10.8. The zero-order valence-corrected chi connectivity index (χ0v) is 12.7. The Bertz CT molecular complexity index is 840. The number of halogens is 2. The van der Waals surface area contributed by atoms with Crippen LogP contribution in [0.3, 0.4) is 0 Å². The van der Waals surface area contributed by atoms with Gasteiger partial charge in [0.2, 0.25) is 0 Å². The van der Waals surface area contributed by atoms with E-state index in [2.05, 4.69) is 0 Å². The van der Waals surface area contributed by atoms with E-state index in [0.29, 0.717) is 27.1 Å². The molecule has 1 aromatic carbocycles. The van der Waals surface area contributed by atoms with Gasteiger partial charge in [-0.3, -0.25) is 4.79 Å². The van der Waals surface area contributed by atoms with Crippen LogP contribution in [-0.2, 0) is 0 Å². The molecule has 0 unspecified atom stereocenters. The third kappa shape index (κ3) is 2.28. The smallest absolute Gasteiger partial charge is 0.167 e. The second kappa shape index (κ2) is 5.43. The lowest BCUT2D eigenvalue weighted by atomic mass is 10.0. The molecule has 0 N–H and O–H groups in total. The van der Waals surface area contributed by atoms with E-state index in [1.807, 2.05) is 34.9 Å². The summed E-state index contributed by atoms with van der Waals surface area (Å²) in [5.74, 6) is 0.500. The summed E-state index contributed by atoms with van der Waals surface area (Å²) >= 11 is 12.3.